The van der Waals surface area contributed by atoms with Gasteiger partial charge in [0.25, 0.3) is 0 Å². The molecule has 1 aliphatic rings. The number of hydrogen-bond acceptors (Lipinski definition) is 2. The predicted molar refractivity (Wildman–Crippen MR) is 81.6 cm³/mol. The molecule has 0 aliphatic carbocycles. The Morgan fingerprint density at radius 1 is 1.58 bits per heavy atom. The van der Waals surface area contributed by atoms with Crippen LogP contribution in [0, 0.1) is 0 Å². The molecule has 0 aromatic rings. The highest BCUT2D eigenvalue weighted by Crippen LogP contribution is 2.14. The fraction of sp³-hybridized carbons (Fsp3) is 0.800. The van der Waals surface area contributed by atoms with Crippen LogP contribution in [0.1, 0.15) is 39.0 Å². The van der Waals surface area contributed by atoms with Crippen molar-refractivity contribution in [2.24, 2.45) is 4.99 Å². The molecular weight excluding hydrogens is 238 g/mol. The zero-order valence-electron chi connectivity index (χ0n) is 12.5. The molecule has 1 N–H and O–H groups in total. The minimum Gasteiger partial charge on any atom is -0.378 e. The lowest BCUT2D eigenvalue weighted by molar-refractivity contribution is 0.106. The summed E-state index contributed by atoms with van der Waals surface area (Å²) in [5.41, 5.74) is 0. The molecule has 0 bridgehead atoms. The van der Waals surface area contributed by atoms with Gasteiger partial charge in [-0.1, -0.05) is 6.08 Å². The van der Waals surface area contributed by atoms with Crippen LogP contribution in [-0.2, 0) is 4.74 Å². The quantitative estimate of drug-likeness (QED) is 0.317. The van der Waals surface area contributed by atoms with Gasteiger partial charge in [0.15, 0.2) is 5.96 Å². The third kappa shape index (κ3) is 6.62. The standard InChI is InChI=1S/C15H29N3O/c1-4-6-7-12-18(3)15(16-5-2)17-11-10-14-9-8-13-19-14/h4,14H,1,5-13H2,2-3H3,(H,16,17). The summed E-state index contributed by atoms with van der Waals surface area (Å²) in [5.74, 6) is 1.00. The predicted octanol–water partition coefficient (Wildman–Crippen LogP) is 2.42. The number of nitrogens with zero attached hydrogens (tertiary/aromatic N) is 2. The lowest BCUT2D eigenvalue weighted by Crippen LogP contribution is -2.39. The Morgan fingerprint density at radius 3 is 3.05 bits per heavy atom. The highest BCUT2D eigenvalue weighted by atomic mass is 16.5. The lowest BCUT2D eigenvalue weighted by atomic mass is 10.2. The molecule has 0 aromatic carbocycles. The molecule has 110 valence electrons. The normalized spacial score (nSPS) is 19.5. The highest BCUT2D eigenvalue weighted by molar-refractivity contribution is 5.79. The minimum absolute atomic E-state index is 0.428. The monoisotopic (exact) mass is 267 g/mol. The Bertz CT molecular complexity index is 273. The molecular formula is C15H29N3O. The Morgan fingerprint density at radius 2 is 2.42 bits per heavy atom. The van der Waals surface area contributed by atoms with E-state index in [1.165, 1.54) is 12.8 Å². The number of nitrogens with one attached hydrogen (secondary N) is 1. The van der Waals surface area contributed by atoms with E-state index < -0.39 is 0 Å². The van der Waals surface area contributed by atoms with Crippen LogP contribution in [-0.4, -0.2) is 50.3 Å². The largest absolute Gasteiger partial charge is 0.378 e. The van der Waals surface area contributed by atoms with Crippen molar-refractivity contribution in [2.75, 3.05) is 33.3 Å². The van der Waals surface area contributed by atoms with Gasteiger partial charge >= 0.3 is 0 Å². The number of ether oxygens (including phenoxy) is 1. The topological polar surface area (TPSA) is 36.9 Å². The maximum atomic E-state index is 5.62. The third-order valence-corrected chi connectivity index (χ3v) is 3.33. The van der Waals surface area contributed by atoms with Crippen molar-refractivity contribution in [3.8, 4) is 0 Å². The molecule has 0 amide bonds. The molecule has 1 fully saturated rings. The Kier molecular flexibility index (Phi) is 8.30. The molecule has 1 rings (SSSR count). The SMILES string of the molecule is C=CCCCN(C)C(=NCCC1CCCO1)NCC. The summed E-state index contributed by atoms with van der Waals surface area (Å²) in [6, 6.07) is 0. The molecule has 1 saturated heterocycles. The van der Waals surface area contributed by atoms with E-state index >= 15 is 0 Å². The highest BCUT2D eigenvalue weighted by Gasteiger charge is 2.14. The van der Waals surface area contributed by atoms with Gasteiger partial charge < -0.3 is 15.0 Å². The van der Waals surface area contributed by atoms with Crippen molar-refractivity contribution >= 4 is 5.96 Å². The number of hydrogen-bond donors (Lipinski definition) is 1. The molecule has 1 atom stereocenters. The molecule has 1 unspecified atom stereocenters. The van der Waals surface area contributed by atoms with Crippen molar-refractivity contribution in [3.05, 3.63) is 12.7 Å². The van der Waals surface area contributed by atoms with E-state index in [1.54, 1.807) is 0 Å². The molecule has 19 heavy (non-hydrogen) atoms. The number of aliphatic imine (C=N–C) groups is 1. The number of rotatable bonds is 8. The lowest BCUT2D eigenvalue weighted by Gasteiger charge is -2.22. The van der Waals surface area contributed by atoms with E-state index in [4.69, 9.17) is 4.74 Å². The van der Waals surface area contributed by atoms with E-state index in [9.17, 15) is 0 Å². The fourth-order valence-electron chi connectivity index (χ4n) is 2.23. The first kappa shape index (κ1) is 16.0. The summed E-state index contributed by atoms with van der Waals surface area (Å²) < 4.78 is 5.62. The van der Waals surface area contributed by atoms with Gasteiger partial charge in [0, 0.05) is 33.3 Å². The van der Waals surface area contributed by atoms with E-state index in [2.05, 4.69) is 35.8 Å². The van der Waals surface area contributed by atoms with E-state index in [-0.39, 0.29) is 0 Å². The zero-order valence-corrected chi connectivity index (χ0v) is 12.5. The molecule has 1 aliphatic heterocycles. The van der Waals surface area contributed by atoms with Gasteiger partial charge in [-0.15, -0.1) is 6.58 Å². The van der Waals surface area contributed by atoms with Crippen LogP contribution >= 0.6 is 0 Å². The molecule has 0 aromatic heterocycles. The van der Waals surface area contributed by atoms with E-state index in [0.29, 0.717) is 6.10 Å². The van der Waals surface area contributed by atoms with Crippen molar-refractivity contribution in [2.45, 2.75) is 45.1 Å². The van der Waals surface area contributed by atoms with Crippen LogP contribution in [0.25, 0.3) is 0 Å². The smallest absolute Gasteiger partial charge is 0.193 e. The van der Waals surface area contributed by atoms with Crippen LogP contribution in [0.2, 0.25) is 0 Å². The first-order valence-electron chi connectivity index (χ1n) is 7.49. The van der Waals surface area contributed by atoms with E-state index in [1.807, 2.05) is 6.08 Å². The molecule has 4 nitrogen and oxygen atoms in total. The summed E-state index contributed by atoms with van der Waals surface area (Å²) in [4.78, 5) is 6.88. The molecule has 1 heterocycles. The Hall–Kier alpha value is -1.03. The second kappa shape index (κ2) is 9.84. The second-order valence-corrected chi connectivity index (χ2v) is 5.01. The van der Waals surface area contributed by atoms with Crippen LogP contribution in [0.5, 0.6) is 0 Å². The van der Waals surface area contributed by atoms with E-state index in [0.717, 1.165) is 51.5 Å². The molecule has 0 spiro atoms. The van der Waals surface area contributed by atoms with Crippen molar-refractivity contribution < 1.29 is 4.74 Å². The maximum absolute atomic E-state index is 5.62. The van der Waals surface area contributed by atoms with Gasteiger partial charge in [0.05, 0.1) is 6.10 Å². The average molecular weight is 267 g/mol. The van der Waals surface area contributed by atoms with Crippen LogP contribution in [0.3, 0.4) is 0 Å². The Balaban J connectivity index is 2.33. The first-order valence-corrected chi connectivity index (χ1v) is 7.49. The summed E-state index contributed by atoms with van der Waals surface area (Å²) in [5, 5.41) is 3.34. The third-order valence-electron chi connectivity index (χ3n) is 3.33. The number of guanidine groups is 1. The molecule has 0 saturated carbocycles. The van der Waals surface area contributed by atoms with Crippen molar-refractivity contribution in [1.29, 1.82) is 0 Å². The second-order valence-electron chi connectivity index (χ2n) is 5.01. The maximum Gasteiger partial charge on any atom is 0.193 e. The van der Waals surface area contributed by atoms with Gasteiger partial charge in [0.2, 0.25) is 0 Å². The van der Waals surface area contributed by atoms with Gasteiger partial charge in [-0.3, -0.25) is 4.99 Å². The minimum atomic E-state index is 0.428. The number of unbranched alkanes of at least 4 members (excludes halogenated alkanes) is 1. The van der Waals surface area contributed by atoms with Crippen LogP contribution < -0.4 is 5.32 Å². The summed E-state index contributed by atoms with van der Waals surface area (Å²) >= 11 is 0. The average Bonchev–Trinajstić information content (AvgIpc) is 2.91. The van der Waals surface area contributed by atoms with Crippen molar-refractivity contribution in [3.63, 3.8) is 0 Å². The van der Waals surface area contributed by atoms with Gasteiger partial charge in [-0.2, -0.15) is 0 Å². The molecule has 4 heteroatoms. The van der Waals surface area contributed by atoms with Gasteiger partial charge in [0.1, 0.15) is 0 Å². The number of allylic oxidation sites excluding steroid dienone is 1. The summed E-state index contributed by atoms with van der Waals surface area (Å²) in [7, 11) is 2.09. The van der Waals surface area contributed by atoms with Gasteiger partial charge in [-0.05, 0) is 39.0 Å². The summed E-state index contributed by atoms with van der Waals surface area (Å²) in [6.07, 6.45) is 8.01. The fourth-order valence-corrected chi connectivity index (χ4v) is 2.23. The van der Waals surface area contributed by atoms with Crippen LogP contribution in [0.4, 0.5) is 0 Å². The summed E-state index contributed by atoms with van der Waals surface area (Å²) in [6.45, 7) is 9.55. The molecule has 0 radical (unpaired) electrons. The van der Waals surface area contributed by atoms with Gasteiger partial charge in [-0.25, -0.2) is 0 Å². The van der Waals surface area contributed by atoms with Crippen LogP contribution in [0.15, 0.2) is 17.6 Å². The zero-order chi connectivity index (χ0) is 13.9. The van der Waals surface area contributed by atoms with Crippen molar-refractivity contribution in [1.82, 2.24) is 10.2 Å². The first-order chi connectivity index (χ1) is 9.27. The Labute approximate surface area is 117 Å².